The van der Waals surface area contributed by atoms with Crippen LogP contribution in [0.3, 0.4) is 0 Å². The lowest BCUT2D eigenvalue weighted by Crippen LogP contribution is -2.44. The quantitative estimate of drug-likeness (QED) is 0.873. The van der Waals surface area contributed by atoms with Gasteiger partial charge < -0.3 is 19.9 Å². The summed E-state index contributed by atoms with van der Waals surface area (Å²) < 4.78 is 10.4. The molecule has 5 heteroatoms. The summed E-state index contributed by atoms with van der Waals surface area (Å²) in [6, 6.07) is 9.39. The minimum absolute atomic E-state index is 0.142. The third kappa shape index (κ3) is 5.36. The fourth-order valence-electron chi connectivity index (χ4n) is 2.54. The zero-order valence-corrected chi connectivity index (χ0v) is 12.4. The van der Waals surface area contributed by atoms with Gasteiger partial charge in [0.15, 0.2) is 0 Å². The smallest absolute Gasteiger partial charge is 0.407 e. The molecule has 0 aliphatic carbocycles. The first-order chi connectivity index (χ1) is 10.1. The highest BCUT2D eigenvalue weighted by Gasteiger charge is 2.31. The molecule has 1 aromatic carbocycles. The average molecular weight is 293 g/mol. The lowest BCUT2D eigenvalue weighted by molar-refractivity contribution is -0.0716. The number of alkyl carbamates (subject to hydrolysis) is 1. The predicted octanol–water partition coefficient (Wildman–Crippen LogP) is 2.23. The Balaban J connectivity index is 1.71. The van der Waals surface area contributed by atoms with Crippen molar-refractivity contribution in [1.29, 1.82) is 0 Å². The van der Waals surface area contributed by atoms with Gasteiger partial charge in [0.2, 0.25) is 0 Å². The first-order valence-electron chi connectivity index (χ1n) is 7.35. The van der Waals surface area contributed by atoms with Crippen LogP contribution in [0, 0.1) is 0 Å². The molecule has 0 saturated carbocycles. The summed E-state index contributed by atoms with van der Waals surface area (Å²) in [5, 5.41) is 13.2. The standard InChI is InChI=1S/C16H23NO4/c1-13(11-16(19)7-9-20-10-8-16)17-15(18)21-12-14-5-3-2-4-6-14/h2-6,13,19H,7-12H2,1H3,(H,17,18). The number of rotatable bonds is 5. The van der Waals surface area contributed by atoms with E-state index in [0.717, 1.165) is 5.56 Å². The number of nitrogens with one attached hydrogen (secondary N) is 1. The molecule has 1 heterocycles. The minimum Gasteiger partial charge on any atom is -0.445 e. The second-order valence-corrected chi connectivity index (χ2v) is 5.65. The molecule has 5 nitrogen and oxygen atoms in total. The molecule has 0 radical (unpaired) electrons. The largest absolute Gasteiger partial charge is 0.445 e. The van der Waals surface area contributed by atoms with Gasteiger partial charge in [0.25, 0.3) is 0 Å². The predicted molar refractivity (Wildman–Crippen MR) is 78.8 cm³/mol. The summed E-state index contributed by atoms with van der Waals surface area (Å²) in [6.07, 6.45) is 1.27. The Hall–Kier alpha value is -1.59. The van der Waals surface area contributed by atoms with E-state index in [1.165, 1.54) is 0 Å². The van der Waals surface area contributed by atoms with Gasteiger partial charge in [0.05, 0.1) is 5.60 Å². The minimum atomic E-state index is -0.746. The molecule has 1 saturated heterocycles. The topological polar surface area (TPSA) is 67.8 Å². The highest BCUT2D eigenvalue weighted by Crippen LogP contribution is 2.25. The molecule has 116 valence electrons. The first kappa shape index (κ1) is 15.8. The van der Waals surface area contributed by atoms with Crippen molar-refractivity contribution in [3.8, 4) is 0 Å². The summed E-state index contributed by atoms with van der Waals surface area (Å²) >= 11 is 0. The Morgan fingerprint density at radius 3 is 2.71 bits per heavy atom. The molecule has 1 unspecified atom stereocenters. The molecule has 1 fully saturated rings. The summed E-state index contributed by atoms with van der Waals surface area (Å²) in [7, 11) is 0. The van der Waals surface area contributed by atoms with E-state index >= 15 is 0 Å². The molecule has 1 aromatic rings. The van der Waals surface area contributed by atoms with Crippen LogP contribution in [-0.2, 0) is 16.1 Å². The summed E-state index contributed by atoms with van der Waals surface area (Å²) in [4.78, 5) is 11.7. The van der Waals surface area contributed by atoms with Crippen LogP contribution in [-0.4, -0.2) is 36.1 Å². The number of benzene rings is 1. The Bertz CT molecular complexity index is 443. The van der Waals surface area contributed by atoms with Gasteiger partial charge in [-0.05, 0) is 31.7 Å². The fraction of sp³-hybridized carbons (Fsp3) is 0.562. The van der Waals surface area contributed by atoms with Crippen molar-refractivity contribution in [2.45, 2.75) is 44.4 Å². The third-order valence-electron chi connectivity index (χ3n) is 3.69. The van der Waals surface area contributed by atoms with Gasteiger partial charge in [-0.15, -0.1) is 0 Å². The van der Waals surface area contributed by atoms with Crippen LogP contribution in [0.2, 0.25) is 0 Å². The van der Waals surface area contributed by atoms with E-state index in [2.05, 4.69) is 5.32 Å². The van der Waals surface area contributed by atoms with Crippen LogP contribution >= 0.6 is 0 Å². The molecule has 2 rings (SSSR count). The van der Waals surface area contributed by atoms with Gasteiger partial charge in [0.1, 0.15) is 6.61 Å². The molecule has 1 atom stereocenters. The van der Waals surface area contributed by atoms with Crippen LogP contribution in [0.25, 0.3) is 0 Å². The second-order valence-electron chi connectivity index (χ2n) is 5.65. The Labute approximate surface area is 125 Å². The zero-order chi connectivity index (χ0) is 15.1. The van der Waals surface area contributed by atoms with E-state index < -0.39 is 11.7 Å². The number of hydrogen-bond donors (Lipinski definition) is 2. The van der Waals surface area contributed by atoms with Crippen LogP contribution < -0.4 is 5.32 Å². The van der Waals surface area contributed by atoms with Crippen molar-refractivity contribution in [2.75, 3.05) is 13.2 Å². The molecule has 1 amide bonds. The van der Waals surface area contributed by atoms with Crippen LogP contribution in [0.5, 0.6) is 0 Å². The zero-order valence-electron chi connectivity index (χ0n) is 12.4. The van der Waals surface area contributed by atoms with Crippen molar-refractivity contribution >= 4 is 6.09 Å². The number of carbonyl (C=O) groups excluding carboxylic acids is 1. The summed E-state index contributed by atoms with van der Waals surface area (Å²) in [5.41, 5.74) is 0.202. The lowest BCUT2D eigenvalue weighted by Gasteiger charge is -2.34. The number of aliphatic hydroxyl groups is 1. The van der Waals surface area contributed by atoms with E-state index in [4.69, 9.17) is 9.47 Å². The van der Waals surface area contributed by atoms with Crippen LogP contribution in [0.1, 0.15) is 31.7 Å². The number of hydrogen-bond acceptors (Lipinski definition) is 4. The second kappa shape index (κ2) is 7.43. The van der Waals surface area contributed by atoms with Gasteiger partial charge in [-0.3, -0.25) is 0 Å². The average Bonchev–Trinajstić information content (AvgIpc) is 2.46. The summed E-state index contributed by atoms with van der Waals surface area (Å²) in [5.74, 6) is 0. The molecule has 21 heavy (non-hydrogen) atoms. The van der Waals surface area contributed by atoms with Gasteiger partial charge in [-0.1, -0.05) is 30.3 Å². The lowest BCUT2D eigenvalue weighted by atomic mass is 9.88. The van der Waals surface area contributed by atoms with Gasteiger partial charge in [-0.2, -0.15) is 0 Å². The number of carbonyl (C=O) groups is 1. The number of ether oxygens (including phenoxy) is 2. The third-order valence-corrected chi connectivity index (χ3v) is 3.69. The van der Waals surface area contributed by atoms with Crippen molar-refractivity contribution < 1.29 is 19.4 Å². The maximum atomic E-state index is 11.7. The molecular weight excluding hydrogens is 270 g/mol. The van der Waals surface area contributed by atoms with E-state index in [-0.39, 0.29) is 12.6 Å². The Morgan fingerprint density at radius 2 is 2.05 bits per heavy atom. The van der Waals surface area contributed by atoms with Crippen molar-refractivity contribution in [3.63, 3.8) is 0 Å². The van der Waals surface area contributed by atoms with Crippen molar-refractivity contribution in [1.82, 2.24) is 5.32 Å². The Kier molecular flexibility index (Phi) is 5.59. The fourth-order valence-corrected chi connectivity index (χ4v) is 2.54. The maximum Gasteiger partial charge on any atom is 0.407 e. The normalized spacial score (nSPS) is 18.8. The van der Waals surface area contributed by atoms with Gasteiger partial charge in [-0.25, -0.2) is 4.79 Å². The van der Waals surface area contributed by atoms with Crippen LogP contribution in [0.4, 0.5) is 4.79 Å². The summed E-state index contributed by atoms with van der Waals surface area (Å²) in [6.45, 7) is 3.26. The monoisotopic (exact) mass is 293 g/mol. The molecule has 0 spiro atoms. The van der Waals surface area contributed by atoms with Crippen LogP contribution in [0.15, 0.2) is 30.3 Å². The highest BCUT2D eigenvalue weighted by molar-refractivity contribution is 5.67. The van der Waals surface area contributed by atoms with E-state index in [9.17, 15) is 9.90 Å². The van der Waals surface area contributed by atoms with E-state index in [1.54, 1.807) is 0 Å². The van der Waals surface area contributed by atoms with E-state index in [1.807, 2.05) is 37.3 Å². The maximum absolute atomic E-state index is 11.7. The molecule has 1 aliphatic heterocycles. The molecule has 2 N–H and O–H groups in total. The van der Waals surface area contributed by atoms with Crippen molar-refractivity contribution in [3.05, 3.63) is 35.9 Å². The van der Waals surface area contributed by atoms with E-state index in [0.29, 0.717) is 32.5 Å². The highest BCUT2D eigenvalue weighted by atomic mass is 16.5. The van der Waals surface area contributed by atoms with Gasteiger partial charge in [0, 0.05) is 19.3 Å². The molecule has 1 aliphatic rings. The Morgan fingerprint density at radius 1 is 1.38 bits per heavy atom. The SMILES string of the molecule is CC(CC1(O)CCOCC1)NC(=O)OCc1ccccc1. The molecular formula is C16H23NO4. The number of amides is 1. The van der Waals surface area contributed by atoms with Gasteiger partial charge >= 0.3 is 6.09 Å². The first-order valence-corrected chi connectivity index (χ1v) is 7.35. The van der Waals surface area contributed by atoms with Crippen molar-refractivity contribution in [2.24, 2.45) is 0 Å². The molecule has 0 aromatic heterocycles. The molecule has 0 bridgehead atoms.